The molecule has 22 heavy (non-hydrogen) atoms. The van der Waals surface area contributed by atoms with Crippen molar-refractivity contribution in [1.29, 1.82) is 0 Å². The average Bonchev–Trinajstić information content (AvgIpc) is 3.10. The minimum absolute atomic E-state index is 0.0292. The van der Waals surface area contributed by atoms with Crippen LogP contribution in [0.3, 0.4) is 0 Å². The molecule has 4 N–H and O–H groups in total. The minimum Gasteiger partial charge on any atom is -0.369 e. The quantitative estimate of drug-likeness (QED) is 0.653. The fourth-order valence-corrected chi connectivity index (χ4v) is 2.76. The van der Waals surface area contributed by atoms with Gasteiger partial charge in [0.1, 0.15) is 6.23 Å². The van der Waals surface area contributed by atoms with Crippen LogP contribution in [-0.4, -0.2) is 43.5 Å². The highest BCUT2D eigenvalue weighted by molar-refractivity contribution is 7.78. The molecule has 120 valence electrons. The summed E-state index contributed by atoms with van der Waals surface area (Å²) in [6.45, 7) is 0.215. The Labute approximate surface area is 127 Å². The van der Waals surface area contributed by atoms with E-state index in [0.29, 0.717) is 12.1 Å². The number of nitrogens with zero attached hydrogens (tertiary/aromatic N) is 3. The van der Waals surface area contributed by atoms with E-state index in [1.54, 1.807) is 11.6 Å². The third kappa shape index (κ3) is 2.88. The lowest BCUT2D eigenvalue weighted by Gasteiger charge is -2.14. The second kappa shape index (κ2) is 6.12. The Hall–Kier alpha value is -1.82. The highest BCUT2D eigenvalue weighted by Gasteiger charge is 2.29. The molecule has 11 heteroatoms. The molecule has 3 heterocycles. The molecule has 2 aromatic rings. The van der Waals surface area contributed by atoms with Gasteiger partial charge in [-0.1, -0.05) is 0 Å². The van der Waals surface area contributed by atoms with E-state index in [2.05, 4.69) is 19.7 Å². The van der Waals surface area contributed by atoms with Gasteiger partial charge in [0.15, 0.2) is 11.2 Å². The molecule has 10 nitrogen and oxygen atoms in total. The lowest BCUT2D eigenvalue weighted by molar-refractivity contribution is -0.0140. The van der Waals surface area contributed by atoms with Crippen LogP contribution < -0.4 is 16.0 Å². The summed E-state index contributed by atoms with van der Waals surface area (Å²) < 4.78 is 26.2. The van der Waals surface area contributed by atoms with Crippen LogP contribution >= 0.6 is 0 Å². The normalized spacial score (nSPS) is 23.1. The van der Waals surface area contributed by atoms with Crippen molar-refractivity contribution >= 4 is 28.4 Å². The van der Waals surface area contributed by atoms with Crippen molar-refractivity contribution in [2.24, 2.45) is 0 Å². The molecule has 0 saturated carbocycles. The van der Waals surface area contributed by atoms with Gasteiger partial charge in [-0.05, 0) is 19.9 Å². The van der Waals surface area contributed by atoms with Crippen LogP contribution in [0.25, 0.3) is 11.2 Å². The molecule has 3 atom stereocenters. The number of hydrogen-bond acceptors (Lipinski definition) is 7. The van der Waals surface area contributed by atoms with Crippen LogP contribution in [0.4, 0.5) is 5.95 Å². The molecule has 0 spiro atoms. The Morgan fingerprint density at radius 3 is 3.23 bits per heavy atom. The second-order valence-electron chi connectivity index (χ2n) is 4.79. The highest BCUT2D eigenvalue weighted by Crippen LogP contribution is 2.30. The summed E-state index contributed by atoms with van der Waals surface area (Å²) in [6, 6.07) is 0. The number of fused-ring (bicyclic) bond motifs is 1. The van der Waals surface area contributed by atoms with Gasteiger partial charge in [0.25, 0.3) is 5.56 Å². The SMILES string of the molecule is CNS(=O)OCC1CCC(n2cnc3c(=O)[nH]c(N)nc32)O1. The average molecular weight is 328 g/mol. The van der Waals surface area contributed by atoms with Gasteiger partial charge in [-0.15, -0.1) is 0 Å². The summed E-state index contributed by atoms with van der Waals surface area (Å²) in [5.41, 5.74) is 5.78. The van der Waals surface area contributed by atoms with Crippen molar-refractivity contribution in [2.75, 3.05) is 19.4 Å². The molecule has 0 bridgehead atoms. The molecule has 3 rings (SSSR count). The number of aromatic nitrogens is 4. The molecule has 0 aliphatic carbocycles. The molecular formula is C11H16N6O4S. The third-order valence-electron chi connectivity index (χ3n) is 3.37. The highest BCUT2D eigenvalue weighted by atomic mass is 32.2. The maximum atomic E-state index is 11.7. The summed E-state index contributed by atoms with van der Waals surface area (Å²) in [4.78, 5) is 22.3. The van der Waals surface area contributed by atoms with Gasteiger partial charge < -0.3 is 10.5 Å². The standard InChI is InChI=1S/C11H16N6O4S/c1-13-22(19)20-4-6-2-3-7(21-6)17-5-14-8-9(17)15-11(12)16-10(8)18/h5-7,13H,2-4H2,1H3,(H3,12,15,16,18). The molecule has 2 aromatic heterocycles. The van der Waals surface area contributed by atoms with E-state index in [1.807, 2.05) is 0 Å². The number of nitrogens with one attached hydrogen (secondary N) is 2. The van der Waals surface area contributed by atoms with E-state index in [9.17, 15) is 9.00 Å². The molecule has 0 aromatic carbocycles. The Morgan fingerprint density at radius 1 is 1.64 bits per heavy atom. The number of hydrogen-bond donors (Lipinski definition) is 3. The van der Waals surface area contributed by atoms with E-state index >= 15 is 0 Å². The van der Waals surface area contributed by atoms with Gasteiger partial charge in [0.2, 0.25) is 17.2 Å². The Morgan fingerprint density at radius 2 is 2.45 bits per heavy atom. The number of aromatic amines is 1. The molecule has 1 aliphatic heterocycles. The monoisotopic (exact) mass is 328 g/mol. The predicted molar refractivity (Wildman–Crippen MR) is 78.9 cm³/mol. The van der Waals surface area contributed by atoms with Crippen LogP contribution in [0.5, 0.6) is 0 Å². The maximum Gasteiger partial charge on any atom is 0.280 e. The van der Waals surface area contributed by atoms with Crippen LogP contribution in [0, 0.1) is 0 Å². The zero-order valence-electron chi connectivity index (χ0n) is 11.8. The van der Waals surface area contributed by atoms with E-state index in [0.717, 1.165) is 6.42 Å². The van der Waals surface area contributed by atoms with E-state index in [-0.39, 0.29) is 36.0 Å². The van der Waals surface area contributed by atoms with Crippen molar-refractivity contribution in [3.8, 4) is 0 Å². The van der Waals surface area contributed by atoms with Gasteiger partial charge in [0.05, 0.1) is 19.0 Å². The Balaban J connectivity index is 1.76. The summed E-state index contributed by atoms with van der Waals surface area (Å²) in [7, 11) is 1.54. The summed E-state index contributed by atoms with van der Waals surface area (Å²) in [5.74, 6) is 0.0292. The van der Waals surface area contributed by atoms with Crippen LogP contribution in [0.2, 0.25) is 0 Å². The van der Waals surface area contributed by atoms with Crippen molar-refractivity contribution in [3.63, 3.8) is 0 Å². The van der Waals surface area contributed by atoms with Crippen molar-refractivity contribution in [3.05, 3.63) is 16.7 Å². The third-order valence-corrected chi connectivity index (χ3v) is 4.06. The summed E-state index contributed by atoms with van der Waals surface area (Å²) >= 11 is -1.52. The largest absolute Gasteiger partial charge is 0.369 e. The van der Waals surface area contributed by atoms with Gasteiger partial charge in [-0.3, -0.25) is 18.5 Å². The van der Waals surface area contributed by atoms with Gasteiger partial charge in [-0.25, -0.2) is 13.9 Å². The first-order chi connectivity index (χ1) is 10.6. The number of imidazole rings is 1. The summed E-state index contributed by atoms with van der Waals surface area (Å²) in [6.07, 6.45) is 2.46. The molecule has 1 fully saturated rings. The number of nitrogens with two attached hydrogens (primary N) is 1. The number of anilines is 1. The first-order valence-electron chi connectivity index (χ1n) is 6.68. The molecule has 1 aliphatic rings. The first kappa shape index (κ1) is 15.1. The molecule has 0 radical (unpaired) electrons. The fraction of sp³-hybridized carbons (Fsp3) is 0.545. The van der Waals surface area contributed by atoms with E-state index < -0.39 is 11.3 Å². The second-order valence-corrected chi connectivity index (χ2v) is 5.90. The molecule has 3 unspecified atom stereocenters. The minimum atomic E-state index is -1.52. The Bertz CT molecular complexity index is 759. The zero-order valence-corrected chi connectivity index (χ0v) is 12.6. The van der Waals surface area contributed by atoms with Gasteiger partial charge in [-0.2, -0.15) is 4.98 Å². The number of H-pyrrole nitrogens is 1. The smallest absolute Gasteiger partial charge is 0.280 e. The predicted octanol–water partition coefficient (Wildman–Crippen LogP) is -0.806. The van der Waals surface area contributed by atoms with Crippen LogP contribution in [0.15, 0.2) is 11.1 Å². The topological polar surface area (TPSA) is 137 Å². The number of ether oxygens (including phenoxy) is 1. The van der Waals surface area contributed by atoms with Crippen molar-refractivity contribution in [2.45, 2.75) is 25.2 Å². The van der Waals surface area contributed by atoms with E-state index in [1.165, 1.54) is 6.33 Å². The van der Waals surface area contributed by atoms with Gasteiger partial charge in [0, 0.05) is 0 Å². The number of rotatable bonds is 5. The lowest BCUT2D eigenvalue weighted by atomic mass is 10.2. The molecular weight excluding hydrogens is 312 g/mol. The first-order valence-corrected chi connectivity index (χ1v) is 7.76. The maximum absolute atomic E-state index is 11.7. The van der Waals surface area contributed by atoms with Crippen molar-refractivity contribution in [1.82, 2.24) is 24.2 Å². The zero-order chi connectivity index (χ0) is 15.7. The van der Waals surface area contributed by atoms with Crippen LogP contribution in [0.1, 0.15) is 19.1 Å². The molecule has 1 saturated heterocycles. The van der Waals surface area contributed by atoms with Crippen molar-refractivity contribution < 1.29 is 13.1 Å². The molecule has 0 amide bonds. The Kier molecular flexibility index (Phi) is 4.20. The number of nitrogen functional groups attached to an aromatic ring is 1. The van der Waals surface area contributed by atoms with Crippen LogP contribution in [-0.2, 0) is 20.2 Å². The van der Waals surface area contributed by atoms with E-state index in [4.69, 9.17) is 14.7 Å². The fourth-order valence-electron chi connectivity index (χ4n) is 2.36. The summed E-state index contributed by atoms with van der Waals surface area (Å²) in [5, 5.41) is 0. The van der Waals surface area contributed by atoms with Gasteiger partial charge >= 0.3 is 0 Å². The lowest BCUT2D eigenvalue weighted by Crippen LogP contribution is -2.21.